The highest BCUT2D eigenvalue weighted by atomic mass is 16.7. The predicted octanol–water partition coefficient (Wildman–Crippen LogP) is 2.26. The molecule has 3 rings (SSSR count). The van der Waals surface area contributed by atoms with Crippen LogP contribution in [0.25, 0.3) is 4.85 Å². The van der Waals surface area contributed by atoms with Gasteiger partial charge in [0.1, 0.15) is 6.61 Å². The Morgan fingerprint density at radius 3 is 2.84 bits per heavy atom. The summed E-state index contributed by atoms with van der Waals surface area (Å²) in [7, 11) is 0. The molecule has 5 heteroatoms. The van der Waals surface area contributed by atoms with Gasteiger partial charge in [-0.1, -0.05) is 30.3 Å². The zero-order valence-electron chi connectivity index (χ0n) is 10.5. The van der Waals surface area contributed by atoms with Gasteiger partial charge in [-0.3, -0.25) is 14.6 Å². The first kappa shape index (κ1) is 12.0. The molecular weight excluding hydrogens is 242 g/mol. The summed E-state index contributed by atoms with van der Waals surface area (Å²) in [4.78, 5) is 22.9. The van der Waals surface area contributed by atoms with Crippen molar-refractivity contribution in [1.82, 2.24) is 9.96 Å². The summed E-state index contributed by atoms with van der Waals surface area (Å²) in [6.45, 7) is 8.11. The smallest absolute Gasteiger partial charge is 0.290 e. The number of benzene rings is 1. The number of piperidine rings is 1. The maximum atomic E-state index is 12.2. The summed E-state index contributed by atoms with van der Waals surface area (Å²) in [6, 6.07) is 9.70. The molecule has 2 bridgehead atoms. The molecule has 0 aliphatic carbocycles. The predicted molar refractivity (Wildman–Crippen MR) is 68.6 cm³/mol. The normalized spacial score (nSPS) is 25.5. The van der Waals surface area contributed by atoms with E-state index in [1.165, 1.54) is 5.06 Å². The van der Waals surface area contributed by atoms with Crippen LogP contribution in [0.5, 0.6) is 0 Å². The maximum absolute atomic E-state index is 12.2. The van der Waals surface area contributed by atoms with Crippen molar-refractivity contribution in [2.45, 2.75) is 31.7 Å². The third-order valence-electron chi connectivity index (χ3n) is 3.65. The average molecular weight is 257 g/mol. The largest absolute Gasteiger partial charge is 0.350 e. The molecule has 0 N–H and O–H groups in total. The monoisotopic (exact) mass is 257 g/mol. The Morgan fingerprint density at radius 2 is 2.11 bits per heavy atom. The summed E-state index contributed by atoms with van der Waals surface area (Å²) >= 11 is 0. The van der Waals surface area contributed by atoms with E-state index in [-0.39, 0.29) is 18.2 Å². The van der Waals surface area contributed by atoms with Crippen molar-refractivity contribution >= 4 is 6.03 Å². The number of urea groups is 1. The lowest BCUT2D eigenvalue weighted by Crippen LogP contribution is -2.37. The summed E-state index contributed by atoms with van der Waals surface area (Å²) < 4.78 is 0. The zero-order valence-corrected chi connectivity index (χ0v) is 10.5. The number of hydroxylamine groups is 2. The highest BCUT2D eigenvalue weighted by molar-refractivity contribution is 5.77. The number of rotatable bonds is 3. The van der Waals surface area contributed by atoms with Gasteiger partial charge in [-0.05, 0) is 12.0 Å². The number of hydrogen-bond acceptors (Lipinski definition) is 2. The van der Waals surface area contributed by atoms with Crippen LogP contribution in [0.3, 0.4) is 0 Å². The lowest BCUT2D eigenvalue weighted by atomic mass is 10.1. The minimum atomic E-state index is -0.311. The number of hydrogen-bond donors (Lipinski definition) is 0. The van der Waals surface area contributed by atoms with Crippen LogP contribution >= 0.6 is 0 Å². The Morgan fingerprint density at radius 1 is 1.32 bits per heavy atom. The minimum absolute atomic E-state index is 0.0919. The Kier molecular flexibility index (Phi) is 3.10. The fourth-order valence-corrected chi connectivity index (χ4v) is 2.63. The topological polar surface area (TPSA) is 37.1 Å². The molecule has 2 atom stereocenters. The van der Waals surface area contributed by atoms with Gasteiger partial charge in [-0.2, -0.15) is 5.06 Å². The van der Waals surface area contributed by atoms with Gasteiger partial charge in [-0.15, -0.1) is 0 Å². The van der Waals surface area contributed by atoms with Gasteiger partial charge in [0, 0.05) is 6.42 Å². The molecule has 1 aromatic carbocycles. The van der Waals surface area contributed by atoms with Crippen molar-refractivity contribution in [2.24, 2.45) is 0 Å². The van der Waals surface area contributed by atoms with Crippen molar-refractivity contribution in [3.63, 3.8) is 0 Å². The molecule has 98 valence electrons. The molecular formula is C14H15N3O2. The van der Waals surface area contributed by atoms with E-state index in [0.29, 0.717) is 13.2 Å². The second kappa shape index (κ2) is 4.90. The van der Waals surface area contributed by atoms with Crippen LogP contribution < -0.4 is 0 Å². The molecule has 2 aliphatic rings. The van der Waals surface area contributed by atoms with Crippen molar-refractivity contribution in [1.29, 1.82) is 0 Å². The van der Waals surface area contributed by atoms with Crippen LogP contribution in [0.4, 0.5) is 4.79 Å². The first-order valence-electron chi connectivity index (χ1n) is 6.43. The zero-order chi connectivity index (χ0) is 13.2. The van der Waals surface area contributed by atoms with Crippen molar-refractivity contribution in [3.05, 3.63) is 47.3 Å². The van der Waals surface area contributed by atoms with Crippen LogP contribution in [0.1, 0.15) is 18.4 Å². The van der Waals surface area contributed by atoms with E-state index in [1.54, 1.807) is 4.90 Å². The van der Waals surface area contributed by atoms with E-state index in [9.17, 15) is 4.79 Å². The maximum Gasteiger partial charge on any atom is 0.350 e. The summed E-state index contributed by atoms with van der Waals surface area (Å²) in [5, 5.41) is 1.46. The van der Waals surface area contributed by atoms with Crippen LogP contribution in [-0.2, 0) is 11.4 Å². The molecule has 0 unspecified atom stereocenters. The Bertz CT molecular complexity index is 511. The first-order valence-corrected chi connectivity index (χ1v) is 6.43. The number of nitrogens with zero attached hydrogens (tertiary/aromatic N) is 3. The first-order chi connectivity index (χ1) is 9.29. The van der Waals surface area contributed by atoms with Gasteiger partial charge < -0.3 is 0 Å². The third kappa shape index (κ3) is 2.15. The fourth-order valence-electron chi connectivity index (χ4n) is 2.63. The van der Waals surface area contributed by atoms with E-state index in [2.05, 4.69) is 4.85 Å². The van der Waals surface area contributed by atoms with E-state index >= 15 is 0 Å². The minimum Gasteiger partial charge on any atom is -0.290 e. The number of fused-ring (bicyclic) bond motifs is 2. The molecule has 2 saturated heterocycles. The van der Waals surface area contributed by atoms with Crippen molar-refractivity contribution in [3.8, 4) is 0 Å². The molecule has 0 spiro atoms. The average Bonchev–Trinajstić information content (AvgIpc) is 2.71. The van der Waals surface area contributed by atoms with Crippen LogP contribution in [0, 0.1) is 6.57 Å². The number of carbonyl (C=O) groups is 1. The molecule has 5 nitrogen and oxygen atoms in total. The third-order valence-corrected chi connectivity index (χ3v) is 3.65. The lowest BCUT2D eigenvalue weighted by molar-refractivity contribution is -0.140. The van der Waals surface area contributed by atoms with Gasteiger partial charge in [-0.25, -0.2) is 11.4 Å². The van der Waals surface area contributed by atoms with Gasteiger partial charge in [0.2, 0.25) is 0 Å². The second-order valence-corrected chi connectivity index (χ2v) is 4.86. The Hall–Kier alpha value is -2.06. The standard InChI is InChI=1S/C14H15N3O2/c1-15-13-8-7-12-9-16(13)14(18)17(12)19-10-11-5-3-2-4-6-11/h2-6,12-13H,7-10H2/t12-,13-/m0/s1. The quantitative estimate of drug-likeness (QED) is 0.779. The highest BCUT2D eigenvalue weighted by Crippen LogP contribution is 2.30. The Labute approximate surface area is 112 Å². The van der Waals surface area contributed by atoms with E-state index in [1.807, 2.05) is 30.3 Å². The van der Waals surface area contributed by atoms with E-state index in [0.717, 1.165) is 18.4 Å². The van der Waals surface area contributed by atoms with Crippen LogP contribution in [0.2, 0.25) is 0 Å². The number of amides is 2. The van der Waals surface area contributed by atoms with Gasteiger partial charge in [0.25, 0.3) is 0 Å². The van der Waals surface area contributed by atoms with E-state index in [4.69, 9.17) is 11.4 Å². The fraction of sp³-hybridized carbons (Fsp3) is 0.429. The van der Waals surface area contributed by atoms with Gasteiger partial charge >= 0.3 is 12.2 Å². The molecule has 2 amide bonds. The second-order valence-electron chi connectivity index (χ2n) is 4.86. The molecule has 0 radical (unpaired) electrons. The highest BCUT2D eigenvalue weighted by Gasteiger charge is 2.48. The van der Waals surface area contributed by atoms with Gasteiger partial charge in [0.05, 0.1) is 12.6 Å². The molecule has 1 aromatic rings. The van der Waals surface area contributed by atoms with Crippen LogP contribution in [-0.4, -0.2) is 34.7 Å². The van der Waals surface area contributed by atoms with Gasteiger partial charge in [0.15, 0.2) is 0 Å². The molecule has 2 heterocycles. The number of carbonyl (C=O) groups excluding carboxylic acids is 1. The van der Waals surface area contributed by atoms with Crippen molar-refractivity contribution in [2.75, 3.05) is 6.54 Å². The lowest BCUT2D eigenvalue weighted by Gasteiger charge is -2.22. The Balaban J connectivity index is 1.66. The van der Waals surface area contributed by atoms with Crippen LogP contribution in [0.15, 0.2) is 30.3 Å². The SMILES string of the molecule is [C-]#[N+][C@@H]1CC[C@H]2CN1C(=O)N2OCc1ccccc1. The summed E-state index contributed by atoms with van der Waals surface area (Å²) in [5.74, 6) is 0. The van der Waals surface area contributed by atoms with Crippen molar-refractivity contribution < 1.29 is 9.63 Å². The van der Waals surface area contributed by atoms with E-state index < -0.39 is 0 Å². The molecule has 0 aromatic heterocycles. The molecule has 0 saturated carbocycles. The molecule has 2 aliphatic heterocycles. The summed E-state index contributed by atoms with van der Waals surface area (Å²) in [5.41, 5.74) is 1.04. The molecule has 19 heavy (non-hydrogen) atoms. The molecule has 2 fully saturated rings. The summed E-state index contributed by atoms with van der Waals surface area (Å²) in [6.07, 6.45) is 1.27.